The summed E-state index contributed by atoms with van der Waals surface area (Å²) in [6.07, 6.45) is 3.00. The number of fused-ring (bicyclic) bond motifs is 1. The van der Waals surface area contributed by atoms with E-state index in [0.717, 1.165) is 23.4 Å². The number of rotatable bonds is 8. The van der Waals surface area contributed by atoms with Crippen LogP contribution in [0.3, 0.4) is 0 Å². The molecule has 0 spiro atoms. The number of carbonyl (C=O) groups is 1. The Labute approximate surface area is 184 Å². The Balaban J connectivity index is 1.62. The second-order valence-corrected chi connectivity index (χ2v) is 7.82. The molecule has 0 amide bonds. The number of hydrogen-bond donors (Lipinski definition) is 1. The SMILES string of the molecule is CCCCc1ccc(NC2C(=O)c3ccccc3OC2c2ccc(OCC)cc2)cc1. The van der Waals surface area contributed by atoms with Crippen molar-refractivity contribution < 1.29 is 14.3 Å². The van der Waals surface area contributed by atoms with Crippen LogP contribution < -0.4 is 14.8 Å². The van der Waals surface area contributed by atoms with Crippen LogP contribution in [0.15, 0.2) is 72.8 Å². The predicted molar refractivity (Wildman–Crippen MR) is 124 cm³/mol. The second kappa shape index (κ2) is 9.69. The zero-order valence-corrected chi connectivity index (χ0v) is 18.1. The fraction of sp³-hybridized carbons (Fsp3) is 0.296. The predicted octanol–water partition coefficient (Wildman–Crippen LogP) is 6.23. The molecule has 0 aliphatic carbocycles. The van der Waals surface area contributed by atoms with Gasteiger partial charge in [0.25, 0.3) is 0 Å². The molecule has 0 radical (unpaired) electrons. The first-order chi connectivity index (χ1) is 15.2. The maximum atomic E-state index is 13.4. The number of unbranched alkanes of at least 4 members (excludes halogenated alkanes) is 1. The molecule has 2 atom stereocenters. The number of carbonyl (C=O) groups excluding carboxylic acids is 1. The van der Waals surface area contributed by atoms with Gasteiger partial charge < -0.3 is 14.8 Å². The lowest BCUT2D eigenvalue weighted by atomic mass is 9.91. The molecule has 3 aromatic carbocycles. The van der Waals surface area contributed by atoms with Crippen LogP contribution in [0.4, 0.5) is 5.69 Å². The lowest BCUT2D eigenvalue weighted by Crippen LogP contribution is -2.42. The van der Waals surface area contributed by atoms with Crippen LogP contribution in [-0.4, -0.2) is 18.4 Å². The zero-order chi connectivity index (χ0) is 21.6. The summed E-state index contributed by atoms with van der Waals surface area (Å²) in [7, 11) is 0. The fourth-order valence-corrected chi connectivity index (χ4v) is 3.93. The highest BCUT2D eigenvalue weighted by molar-refractivity contribution is 6.05. The summed E-state index contributed by atoms with van der Waals surface area (Å²) in [4.78, 5) is 13.4. The molecule has 31 heavy (non-hydrogen) atoms. The monoisotopic (exact) mass is 415 g/mol. The van der Waals surface area contributed by atoms with Crippen molar-refractivity contribution in [3.63, 3.8) is 0 Å². The molecule has 1 aliphatic rings. The van der Waals surface area contributed by atoms with Gasteiger partial charge in [-0.15, -0.1) is 0 Å². The van der Waals surface area contributed by atoms with E-state index in [1.165, 1.54) is 18.4 Å². The average molecular weight is 416 g/mol. The van der Waals surface area contributed by atoms with Gasteiger partial charge in [-0.2, -0.15) is 0 Å². The standard InChI is InChI=1S/C27H29NO3/c1-3-5-8-19-11-15-21(16-12-19)28-25-26(29)23-9-6-7-10-24(23)31-27(25)20-13-17-22(18-14-20)30-4-2/h6-7,9-18,25,27-28H,3-5,8H2,1-2H3. The van der Waals surface area contributed by atoms with Crippen molar-refractivity contribution in [1.82, 2.24) is 0 Å². The molecule has 0 saturated heterocycles. The van der Waals surface area contributed by atoms with E-state index in [4.69, 9.17) is 9.47 Å². The van der Waals surface area contributed by atoms with Gasteiger partial charge in [-0.1, -0.05) is 49.7 Å². The summed E-state index contributed by atoms with van der Waals surface area (Å²) in [5.74, 6) is 1.47. The summed E-state index contributed by atoms with van der Waals surface area (Å²) >= 11 is 0. The maximum Gasteiger partial charge on any atom is 0.192 e. The van der Waals surface area contributed by atoms with Crippen LogP contribution in [-0.2, 0) is 6.42 Å². The molecule has 4 nitrogen and oxygen atoms in total. The largest absolute Gasteiger partial charge is 0.494 e. The van der Waals surface area contributed by atoms with Gasteiger partial charge in [-0.05, 0) is 67.3 Å². The van der Waals surface area contributed by atoms with E-state index in [2.05, 4.69) is 24.4 Å². The molecular formula is C27H29NO3. The highest BCUT2D eigenvalue weighted by Gasteiger charge is 2.38. The molecule has 3 aromatic rings. The molecule has 0 saturated carbocycles. The van der Waals surface area contributed by atoms with Crippen molar-refractivity contribution >= 4 is 11.5 Å². The van der Waals surface area contributed by atoms with Crippen molar-refractivity contribution in [2.75, 3.05) is 11.9 Å². The lowest BCUT2D eigenvalue weighted by molar-refractivity contribution is 0.0812. The summed E-state index contributed by atoms with van der Waals surface area (Å²) in [6.45, 7) is 4.77. The van der Waals surface area contributed by atoms with Gasteiger partial charge in [-0.3, -0.25) is 4.79 Å². The molecule has 1 heterocycles. The first-order valence-corrected chi connectivity index (χ1v) is 11.1. The normalized spacial score (nSPS) is 17.5. The Morgan fingerprint density at radius 2 is 1.68 bits per heavy atom. The topological polar surface area (TPSA) is 47.6 Å². The van der Waals surface area contributed by atoms with Gasteiger partial charge in [0.05, 0.1) is 12.2 Å². The number of para-hydroxylation sites is 1. The number of hydrogen-bond acceptors (Lipinski definition) is 4. The molecule has 4 rings (SSSR count). The van der Waals surface area contributed by atoms with E-state index < -0.39 is 12.1 Å². The van der Waals surface area contributed by atoms with Crippen LogP contribution in [0.5, 0.6) is 11.5 Å². The number of aryl methyl sites for hydroxylation is 1. The summed E-state index contributed by atoms with van der Waals surface area (Å²) in [5.41, 5.74) is 3.77. The number of benzene rings is 3. The van der Waals surface area contributed by atoms with Gasteiger partial charge in [0.15, 0.2) is 11.9 Å². The number of ether oxygens (including phenoxy) is 2. The minimum Gasteiger partial charge on any atom is -0.494 e. The maximum absolute atomic E-state index is 13.4. The van der Waals surface area contributed by atoms with Gasteiger partial charge in [0.1, 0.15) is 17.5 Å². The molecule has 160 valence electrons. The minimum atomic E-state index is -0.519. The third kappa shape index (κ3) is 4.74. The van der Waals surface area contributed by atoms with Crippen LogP contribution in [0, 0.1) is 0 Å². The van der Waals surface area contributed by atoms with Gasteiger partial charge >= 0.3 is 0 Å². The van der Waals surface area contributed by atoms with E-state index >= 15 is 0 Å². The highest BCUT2D eigenvalue weighted by atomic mass is 16.5. The molecule has 0 fully saturated rings. The Morgan fingerprint density at radius 1 is 0.935 bits per heavy atom. The third-order valence-electron chi connectivity index (χ3n) is 5.61. The van der Waals surface area contributed by atoms with Crippen LogP contribution in [0.1, 0.15) is 54.3 Å². The first kappa shape index (κ1) is 21.0. The molecular weight excluding hydrogens is 386 g/mol. The van der Waals surface area contributed by atoms with E-state index in [0.29, 0.717) is 17.9 Å². The summed E-state index contributed by atoms with van der Waals surface area (Å²) in [5, 5.41) is 3.44. The fourth-order valence-electron chi connectivity index (χ4n) is 3.93. The van der Waals surface area contributed by atoms with Crippen molar-refractivity contribution in [2.45, 2.75) is 45.3 Å². The molecule has 2 unspecified atom stereocenters. The van der Waals surface area contributed by atoms with Crippen LogP contribution >= 0.6 is 0 Å². The van der Waals surface area contributed by atoms with E-state index in [-0.39, 0.29) is 5.78 Å². The smallest absolute Gasteiger partial charge is 0.192 e. The molecule has 4 heteroatoms. The average Bonchev–Trinajstić information content (AvgIpc) is 2.81. The lowest BCUT2D eigenvalue weighted by Gasteiger charge is -2.34. The Morgan fingerprint density at radius 3 is 2.39 bits per heavy atom. The number of Topliss-reactive ketones (excluding diaryl/α,β-unsaturated/α-hetero) is 1. The molecule has 0 aromatic heterocycles. The third-order valence-corrected chi connectivity index (χ3v) is 5.61. The number of nitrogens with one attached hydrogen (secondary N) is 1. The summed E-state index contributed by atoms with van der Waals surface area (Å²) < 4.78 is 11.9. The Bertz CT molecular complexity index is 1010. The highest BCUT2D eigenvalue weighted by Crippen LogP contribution is 2.37. The van der Waals surface area contributed by atoms with E-state index in [1.54, 1.807) is 0 Å². The summed E-state index contributed by atoms with van der Waals surface area (Å²) in [6, 6.07) is 23.1. The van der Waals surface area contributed by atoms with Gasteiger partial charge in [-0.25, -0.2) is 0 Å². The van der Waals surface area contributed by atoms with Crippen LogP contribution in [0.2, 0.25) is 0 Å². The quantitative estimate of drug-likeness (QED) is 0.474. The van der Waals surface area contributed by atoms with Gasteiger partial charge in [0, 0.05) is 5.69 Å². The molecule has 0 bridgehead atoms. The number of ketones is 1. The zero-order valence-electron chi connectivity index (χ0n) is 18.1. The second-order valence-electron chi connectivity index (χ2n) is 7.82. The van der Waals surface area contributed by atoms with E-state index in [1.807, 2.05) is 67.6 Å². The van der Waals surface area contributed by atoms with Crippen molar-refractivity contribution in [3.8, 4) is 11.5 Å². The van der Waals surface area contributed by atoms with E-state index in [9.17, 15) is 4.79 Å². The first-order valence-electron chi connectivity index (χ1n) is 11.1. The van der Waals surface area contributed by atoms with Gasteiger partial charge in [0.2, 0.25) is 0 Å². The van der Waals surface area contributed by atoms with Crippen molar-refractivity contribution in [3.05, 3.63) is 89.5 Å². The Kier molecular flexibility index (Phi) is 6.56. The van der Waals surface area contributed by atoms with Crippen molar-refractivity contribution in [1.29, 1.82) is 0 Å². The molecule has 1 N–H and O–H groups in total. The van der Waals surface area contributed by atoms with Crippen LogP contribution in [0.25, 0.3) is 0 Å². The minimum absolute atomic E-state index is 0.0378. The molecule has 1 aliphatic heterocycles. The Hall–Kier alpha value is -3.27. The van der Waals surface area contributed by atoms with Crippen molar-refractivity contribution in [2.24, 2.45) is 0 Å². The number of anilines is 1.